The molecule has 5 amide bonds. The Bertz CT molecular complexity index is 1840. The molecule has 0 aromatic heterocycles. The third-order valence-electron chi connectivity index (χ3n) is 7.47. The minimum atomic E-state index is -1.36. The summed E-state index contributed by atoms with van der Waals surface area (Å²) in [6, 6.07) is 40.8. The summed E-state index contributed by atoms with van der Waals surface area (Å²) in [4.78, 5) is 68.5. The van der Waals surface area contributed by atoms with Gasteiger partial charge in [-0.25, -0.2) is 0 Å². The zero-order chi connectivity index (χ0) is 34.4. The van der Waals surface area contributed by atoms with Crippen molar-refractivity contribution in [1.82, 2.24) is 14.9 Å². The Labute approximate surface area is 288 Å². The lowest BCUT2D eigenvalue weighted by Gasteiger charge is -2.30. The van der Waals surface area contributed by atoms with Crippen molar-refractivity contribution in [2.24, 2.45) is 0 Å². The van der Waals surface area contributed by atoms with Crippen LogP contribution in [0, 0.1) is 0 Å². The summed E-state index contributed by atoms with van der Waals surface area (Å²) in [6.07, 6.45) is -0.226. The first-order chi connectivity index (χ1) is 23.9. The van der Waals surface area contributed by atoms with Gasteiger partial charge < -0.3 is 10.6 Å². The maximum Gasteiger partial charge on any atom is 0.304 e. The molecule has 0 bridgehead atoms. The lowest BCUT2D eigenvalue weighted by molar-refractivity contribution is -0.151. The number of rotatable bonds is 11. The van der Waals surface area contributed by atoms with E-state index in [1.54, 1.807) is 103 Å². The molecular weight excluding hydrogens is 637 g/mol. The summed E-state index contributed by atoms with van der Waals surface area (Å²) < 4.78 is 2.51. The van der Waals surface area contributed by atoms with Crippen LogP contribution in [0.4, 0.5) is 10.5 Å². The third kappa shape index (κ3) is 9.99. The number of nitrogens with zero attached hydrogens (tertiary/aromatic N) is 1. The SMILES string of the molecule is O=C(Nc1cccc(C(C(=O)NCc2ccccc2)N(C(=O)Cc2ccccc2)C(=O)Cc2ccccc2)c1)SNC(=O)c1ccccc1. The molecule has 9 nitrogen and oxygen atoms in total. The Kier molecular flexibility index (Phi) is 12.1. The first-order valence-corrected chi connectivity index (χ1v) is 16.4. The van der Waals surface area contributed by atoms with E-state index in [0.29, 0.717) is 39.9 Å². The molecule has 0 radical (unpaired) electrons. The number of carbonyl (C=O) groups is 5. The average molecular weight is 671 g/mol. The van der Waals surface area contributed by atoms with Gasteiger partial charge in [-0.2, -0.15) is 0 Å². The van der Waals surface area contributed by atoms with Gasteiger partial charge in [0, 0.05) is 17.8 Å². The highest BCUT2D eigenvalue weighted by Crippen LogP contribution is 2.27. The van der Waals surface area contributed by atoms with E-state index in [4.69, 9.17) is 0 Å². The topological polar surface area (TPSA) is 125 Å². The smallest absolute Gasteiger partial charge is 0.304 e. The van der Waals surface area contributed by atoms with E-state index in [1.807, 2.05) is 42.5 Å². The van der Waals surface area contributed by atoms with Crippen LogP contribution in [-0.4, -0.2) is 33.8 Å². The van der Waals surface area contributed by atoms with E-state index in [2.05, 4.69) is 15.4 Å². The summed E-state index contributed by atoms with van der Waals surface area (Å²) in [5.74, 6) is -2.12. The van der Waals surface area contributed by atoms with Gasteiger partial charge in [-0.3, -0.25) is 33.6 Å². The Morgan fingerprint density at radius 3 is 1.65 bits per heavy atom. The standard InChI is InChI=1S/C39H34N4O5S/c44-34(24-28-14-5-1-6-15-28)43(35(45)25-29-16-7-2-8-17-29)36(38(47)40-27-30-18-9-3-10-19-30)32-22-13-23-33(26-32)41-39(48)49-42-37(46)31-20-11-4-12-21-31/h1-23,26,36H,24-25,27H2,(H,40,47)(H,41,48)(H,42,46). The summed E-state index contributed by atoms with van der Waals surface area (Å²) in [5, 5.41) is 5.03. The van der Waals surface area contributed by atoms with Crippen molar-refractivity contribution in [1.29, 1.82) is 0 Å². The van der Waals surface area contributed by atoms with E-state index >= 15 is 0 Å². The normalized spacial score (nSPS) is 11.1. The Balaban J connectivity index is 1.44. The number of carbonyl (C=O) groups excluding carboxylic acids is 5. The average Bonchev–Trinajstić information content (AvgIpc) is 3.13. The Hall–Kier alpha value is -6.00. The molecule has 0 aliphatic carbocycles. The van der Waals surface area contributed by atoms with Gasteiger partial charge in [-0.15, -0.1) is 0 Å². The van der Waals surface area contributed by atoms with Crippen molar-refractivity contribution in [3.05, 3.63) is 173 Å². The van der Waals surface area contributed by atoms with Crippen LogP contribution in [-0.2, 0) is 33.8 Å². The van der Waals surface area contributed by atoms with Crippen molar-refractivity contribution in [2.45, 2.75) is 25.4 Å². The number of hydrogen-bond acceptors (Lipinski definition) is 6. The second-order valence-electron chi connectivity index (χ2n) is 11.0. The second-order valence-corrected chi connectivity index (χ2v) is 11.8. The first-order valence-electron chi connectivity index (χ1n) is 15.5. The lowest BCUT2D eigenvalue weighted by Crippen LogP contribution is -2.48. The molecule has 0 fully saturated rings. The van der Waals surface area contributed by atoms with E-state index in [0.717, 1.165) is 10.5 Å². The van der Waals surface area contributed by atoms with Crippen molar-refractivity contribution in [3.63, 3.8) is 0 Å². The van der Waals surface area contributed by atoms with Gasteiger partial charge in [0.1, 0.15) is 6.04 Å². The number of benzene rings is 5. The fraction of sp³-hybridized carbons (Fsp3) is 0.103. The van der Waals surface area contributed by atoms with Crippen molar-refractivity contribution in [2.75, 3.05) is 5.32 Å². The highest BCUT2D eigenvalue weighted by atomic mass is 32.2. The summed E-state index contributed by atoms with van der Waals surface area (Å²) in [7, 11) is 0. The van der Waals surface area contributed by atoms with Crippen molar-refractivity contribution >= 4 is 46.5 Å². The van der Waals surface area contributed by atoms with Crippen LogP contribution in [0.5, 0.6) is 0 Å². The number of anilines is 1. The van der Waals surface area contributed by atoms with E-state index in [1.165, 1.54) is 0 Å². The van der Waals surface area contributed by atoms with Crippen LogP contribution < -0.4 is 15.4 Å². The number of imide groups is 1. The maximum absolute atomic E-state index is 14.1. The predicted octanol–water partition coefficient (Wildman–Crippen LogP) is 6.49. The molecule has 0 spiro atoms. The highest BCUT2D eigenvalue weighted by Gasteiger charge is 2.36. The van der Waals surface area contributed by atoms with Crippen LogP contribution in [0.2, 0.25) is 0 Å². The van der Waals surface area contributed by atoms with Crippen LogP contribution in [0.3, 0.4) is 0 Å². The molecule has 5 rings (SSSR count). The van der Waals surface area contributed by atoms with Crippen LogP contribution in [0.25, 0.3) is 0 Å². The molecule has 5 aromatic rings. The van der Waals surface area contributed by atoms with Crippen LogP contribution in [0.15, 0.2) is 146 Å². The van der Waals surface area contributed by atoms with Crippen LogP contribution in [0.1, 0.15) is 38.7 Å². The first kappa shape index (κ1) is 34.3. The molecule has 0 heterocycles. The van der Waals surface area contributed by atoms with Crippen molar-refractivity contribution < 1.29 is 24.0 Å². The minimum absolute atomic E-state index is 0.113. The molecule has 246 valence electrons. The number of nitrogens with one attached hydrogen (secondary N) is 3. The van der Waals surface area contributed by atoms with Gasteiger partial charge in [0.15, 0.2) is 0 Å². The summed E-state index contributed by atoms with van der Waals surface area (Å²) >= 11 is 0.572. The highest BCUT2D eigenvalue weighted by molar-refractivity contribution is 8.12. The largest absolute Gasteiger partial charge is 0.350 e. The lowest BCUT2D eigenvalue weighted by atomic mass is 10.00. The Morgan fingerprint density at radius 1 is 0.592 bits per heavy atom. The summed E-state index contributed by atoms with van der Waals surface area (Å²) in [5.41, 5.74) is 3.21. The quantitative estimate of drug-likeness (QED) is 0.138. The molecule has 0 saturated carbocycles. The molecule has 0 saturated heterocycles. The predicted molar refractivity (Wildman–Crippen MR) is 190 cm³/mol. The fourth-order valence-corrected chi connectivity index (χ4v) is 5.58. The maximum atomic E-state index is 14.1. The Morgan fingerprint density at radius 2 is 1.10 bits per heavy atom. The molecule has 1 atom stereocenters. The van der Waals surface area contributed by atoms with Gasteiger partial charge in [0.25, 0.3) is 5.91 Å². The molecule has 49 heavy (non-hydrogen) atoms. The van der Waals surface area contributed by atoms with E-state index in [9.17, 15) is 24.0 Å². The van der Waals surface area contributed by atoms with Gasteiger partial charge in [0.05, 0.1) is 24.8 Å². The number of hydrogen-bond donors (Lipinski definition) is 3. The van der Waals surface area contributed by atoms with Gasteiger partial charge in [0.2, 0.25) is 17.7 Å². The molecule has 0 aliphatic rings. The molecular formula is C39H34N4O5S. The number of amides is 5. The summed E-state index contributed by atoms with van der Waals surface area (Å²) in [6.45, 7) is 0.165. The molecule has 10 heteroatoms. The van der Waals surface area contributed by atoms with Gasteiger partial charge in [-0.1, -0.05) is 121 Å². The molecule has 1 unspecified atom stereocenters. The monoisotopic (exact) mass is 670 g/mol. The minimum Gasteiger partial charge on any atom is -0.350 e. The van der Waals surface area contributed by atoms with Gasteiger partial charge in [-0.05, 0) is 46.5 Å². The zero-order valence-electron chi connectivity index (χ0n) is 26.5. The van der Waals surface area contributed by atoms with Crippen molar-refractivity contribution in [3.8, 4) is 0 Å². The second kappa shape index (κ2) is 17.2. The van der Waals surface area contributed by atoms with E-state index < -0.39 is 34.9 Å². The van der Waals surface area contributed by atoms with Gasteiger partial charge >= 0.3 is 5.24 Å². The third-order valence-corrected chi connectivity index (χ3v) is 8.05. The van der Waals surface area contributed by atoms with Crippen LogP contribution >= 0.6 is 11.9 Å². The fourth-order valence-electron chi connectivity index (χ4n) is 5.11. The molecule has 5 aromatic carbocycles. The molecule has 0 aliphatic heterocycles. The molecule has 3 N–H and O–H groups in total. The zero-order valence-corrected chi connectivity index (χ0v) is 27.3. The van der Waals surface area contributed by atoms with E-state index in [-0.39, 0.29) is 19.4 Å².